The lowest BCUT2D eigenvalue weighted by Crippen LogP contribution is -2.36. The zero-order valence-electron chi connectivity index (χ0n) is 19.8. The molecule has 35 heavy (non-hydrogen) atoms. The molecule has 1 saturated heterocycles. The zero-order valence-corrected chi connectivity index (χ0v) is 20.5. The fraction of sp³-hybridized carbons (Fsp3) is 0.296. The van der Waals surface area contributed by atoms with Crippen molar-refractivity contribution in [3.8, 4) is 11.3 Å². The Kier molecular flexibility index (Phi) is 6.34. The molecule has 1 aliphatic rings. The Morgan fingerprint density at radius 3 is 2.74 bits per heavy atom. The third-order valence-electron chi connectivity index (χ3n) is 6.49. The largest absolute Gasteiger partial charge is 0.456 e. The third kappa shape index (κ3) is 4.95. The van der Waals surface area contributed by atoms with E-state index in [2.05, 4.69) is 10.4 Å². The Morgan fingerprint density at radius 1 is 1.17 bits per heavy atom. The number of benzene rings is 2. The number of hydrogen-bond donors (Lipinski definition) is 1. The van der Waals surface area contributed by atoms with Crippen LogP contribution >= 0.6 is 11.6 Å². The number of anilines is 1. The first-order valence-corrected chi connectivity index (χ1v) is 12.1. The van der Waals surface area contributed by atoms with E-state index in [4.69, 9.17) is 16.0 Å². The van der Waals surface area contributed by atoms with Crippen molar-refractivity contribution in [1.82, 2.24) is 14.7 Å². The molecule has 180 valence electrons. The molecule has 0 saturated carbocycles. The quantitative estimate of drug-likeness (QED) is 0.379. The highest BCUT2D eigenvalue weighted by Crippen LogP contribution is 2.33. The van der Waals surface area contributed by atoms with Crippen LogP contribution in [-0.4, -0.2) is 39.1 Å². The van der Waals surface area contributed by atoms with Gasteiger partial charge >= 0.3 is 0 Å². The fourth-order valence-electron chi connectivity index (χ4n) is 4.81. The molecule has 7 nitrogen and oxygen atoms in total. The smallest absolute Gasteiger partial charge is 0.227 e. The van der Waals surface area contributed by atoms with Gasteiger partial charge in [-0.15, -0.1) is 0 Å². The highest BCUT2D eigenvalue weighted by molar-refractivity contribution is 6.31. The number of carbonyl (C=O) groups excluding carboxylic acids is 2. The minimum Gasteiger partial charge on any atom is -0.456 e. The van der Waals surface area contributed by atoms with E-state index in [9.17, 15) is 9.59 Å². The summed E-state index contributed by atoms with van der Waals surface area (Å²) in [6.45, 7) is 4.65. The molecule has 2 aromatic heterocycles. The predicted molar refractivity (Wildman–Crippen MR) is 136 cm³/mol. The van der Waals surface area contributed by atoms with Crippen molar-refractivity contribution in [2.45, 2.75) is 45.7 Å². The van der Waals surface area contributed by atoms with E-state index < -0.39 is 0 Å². The molecule has 0 unspecified atom stereocenters. The summed E-state index contributed by atoms with van der Waals surface area (Å²) in [7, 11) is 0. The second-order valence-corrected chi connectivity index (χ2v) is 9.49. The first-order valence-electron chi connectivity index (χ1n) is 11.8. The number of nitrogens with one attached hydrogen (secondary N) is 1. The van der Waals surface area contributed by atoms with Gasteiger partial charge in [0, 0.05) is 59.2 Å². The maximum atomic E-state index is 12.6. The van der Waals surface area contributed by atoms with Crippen LogP contribution in [0, 0.1) is 6.92 Å². The number of halogens is 1. The fourth-order valence-corrected chi connectivity index (χ4v) is 5.06. The van der Waals surface area contributed by atoms with Crippen molar-refractivity contribution in [1.29, 1.82) is 0 Å². The Labute approximate surface area is 208 Å². The van der Waals surface area contributed by atoms with E-state index in [1.807, 2.05) is 66.2 Å². The van der Waals surface area contributed by atoms with Crippen molar-refractivity contribution >= 4 is 40.2 Å². The van der Waals surface area contributed by atoms with Crippen LogP contribution in [-0.2, 0) is 16.1 Å². The Hall–Kier alpha value is -3.58. The van der Waals surface area contributed by atoms with E-state index in [0.29, 0.717) is 23.9 Å². The summed E-state index contributed by atoms with van der Waals surface area (Å²) in [4.78, 5) is 26.2. The summed E-state index contributed by atoms with van der Waals surface area (Å²) in [6.07, 6.45) is 2.05. The lowest BCUT2D eigenvalue weighted by atomic mass is 10.1. The zero-order chi connectivity index (χ0) is 24.5. The number of carbonyl (C=O) groups is 2. The summed E-state index contributed by atoms with van der Waals surface area (Å²) in [5.74, 6) is 1.14. The molecule has 0 aliphatic carbocycles. The Balaban J connectivity index is 1.34. The standard InChI is InChI=1S/C27H27ClN4O3/c1-17-11-25(29-26(34)15-23-9-6-10-31(23)18(2)33)30-32(17)16-21-13-22(28)12-20-14-24(35-27(20)21)19-7-4-3-5-8-19/h3-5,7-8,11-14,23H,6,9-10,15-16H2,1-2H3,(H,29,30,34)/t23-/m0/s1. The SMILES string of the molecule is CC(=O)N1CCC[C@H]1CC(=O)Nc1cc(C)n(Cc2cc(Cl)cc3cc(-c4ccccc4)oc23)n1. The third-order valence-corrected chi connectivity index (χ3v) is 6.71. The Bertz CT molecular complexity index is 1390. The molecule has 1 atom stereocenters. The highest BCUT2D eigenvalue weighted by atomic mass is 35.5. The first-order chi connectivity index (χ1) is 16.9. The van der Waals surface area contributed by atoms with Gasteiger partial charge in [0.1, 0.15) is 11.3 Å². The Morgan fingerprint density at radius 2 is 1.97 bits per heavy atom. The molecular weight excluding hydrogens is 464 g/mol. The molecule has 0 bridgehead atoms. The van der Waals surface area contributed by atoms with Crippen LogP contribution in [0.25, 0.3) is 22.3 Å². The summed E-state index contributed by atoms with van der Waals surface area (Å²) in [5.41, 5.74) is 3.56. The maximum absolute atomic E-state index is 12.6. The number of likely N-dealkylation sites (tertiary alicyclic amines) is 1. The van der Waals surface area contributed by atoms with E-state index in [1.54, 1.807) is 11.8 Å². The van der Waals surface area contributed by atoms with Gasteiger partial charge in [0.25, 0.3) is 0 Å². The van der Waals surface area contributed by atoms with Crippen LogP contribution < -0.4 is 5.32 Å². The van der Waals surface area contributed by atoms with Crippen molar-refractivity contribution in [3.05, 3.63) is 70.9 Å². The average molecular weight is 491 g/mol. The van der Waals surface area contributed by atoms with E-state index in [-0.39, 0.29) is 24.3 Å². The van der Waals surface area contributed by atoms with Crippen LogP contribution in [0.3, 0.4) is 0 Å². The molecule has 1 fully saturated rings. The highest BCUT2D eigenvalue weighted by Gasteiger charge is 2.28. The number of hydrogen-bond acceptors (Lipinski definition) is 4. The number of fused-ring (bicyclic) bond motifs is 1. The van der Waals surface area contributed by atoms with Gasteiger partial charge in [-0.3, -0.25) is 14.3 Å². The lowest BCUT2D eigenvalue weighted by molar-refractivity contribution is -0.130. The number of nitrogens with zero attached hydrogens (tertiary/aromatic N) is 3. The number of amides is 2. The number of aromatic nitrogens is 2. The summed E-state index contributed by atoms with van der Waals surface area (Å²) in [6, 6.07) is 17.5. The van der Waals surface area contributed by atoms with Crippen LogP contribution in [0.2, 0.25) is 5.02 Å². The average Bonchev–Trinajstić information content (AvgIpc) is 3.53. The molecule has 5 rings (SSSR count). The molecule has 1 N–H and O–H groups in total. The number of furan rings is 1. The molecule has 1 aliphatic heterocycles. The van der Waals surface area contributed by atoms with Gasteiger partial charge in [-0.1, -0.05) is 41.9 Å². The lowest BCUT2D eigenvalue weighted by Gasteiger charge is -2.22. The van der Waals surface area contributed by atoms with Gasteiger partial charge in [-0.25, -0.2) is 0 Å². The molecule has 4 aromatic rings. The van der Waals surface area contributed by atoms with Crippen molar-refractivity contribution in [2.24, 2.45) is 0 Å². The van der Waals surface area contributed by atoms with Crippen LogP contribution in [0.5, 0.6) is 0 Å². The molecule has 2 aromatic carbocycles. The molecular formula is C27H27ClN4O3. The van der Waals surface area contributed by atoms with Crippen LogP contribution in [0.1, 0.15) is 37.4 Å². The van der Waals surface area contributed by atoms with Gasteiger partial charge < -0.3 is 14.6 Å². The van der Waals surface area contributed by atoms with E-state index >= 15 is 0 Å². The van der Waals surface area contributed by atoms with Crippen LogP contribution in [0.15, 0.2) is 59.0 Å². The number of rotatable bonds is 6. The minimum atomic E-state index is -0.142. The van der Waals surface area contributed by atoms with E-state index in [1.165, 1.54) is 0 Å². The van der Waals surface area contributed by atoms with Gasteiger partial charge in [0.15, 0.2) is 5.82 Å². The normalized spacial score (nSPS) is 15.6. The van der Waals surface area contributed by atoms with E-state index in [0.717, 1.165) is 46.4 Å². The van der Waals surface area contributed by atoms with Gasteiger partial charge in [0.2, 0.25) is 11.8 Å². The van der Waals surface area contributed by atoms with Crippen LogP contribution in [0.4, 0.5) is 5.82 Å². The predicted octanol–water partition coefficient (Wildman–Crippen LogP) is 5.65. The summed E-state index contributed by atoms with van der Waals surface area (Å²) >= 11 is 6.42. The molecule has 2 amide bonds. The topological polar surface area (TPSA) is 80.4 Å². The van der Waals surface area contributed by atoms with Gasteiger partial charge in [0.05, 0.1) is 6.54 Å². The molecule has 8 heteroatoms. The monoisotopic (exact) mass is 490 g/mol. The summed E-state index contributed by atoms with van der Waals surface area (Å²) in [5, 5.41) is 9.04. The van der Waals surface area contributed by atoms with Gasteiger partial charge in [-0.2, -0.15) is 5.10 Å². The first kappa shape index (κ1) is 23.2. The molecule has 3 heterocycles. The van der Waals surface area contributed by atoms with Gasteiger partial charge in [-0.05, 0) is 38.0 Å². The van der Waals surface area contributed by atoms with Crippen molar-refractivity contribution in [2.75, 3.05) is 11.9 Å². The second kappa shape index (κ2) is 9.58. The summed E-state index contributed by atoms with van der Waals surface area (Å²) < 4.78 is 8.05. The second-order valence-electron chi connectivity index (χ2n) is 9.05. The molecule has 0 spiro atoms. The minimum absolute atomic E-state index is 0.0154. The maximum Gasteiger partial charge on any atom is 0.227 e. The van der Waals surface area contributed by atoms with Crippen molar-refractivity contribution < 1.29 is 14.0 Å². The number of aryl methyl sites for hydroxylation is 1. The van der Waals surface area contributed by atoms with Crippen molar-refractivity contribution in [3.63, 3.8) is 0 Å². The molecule has 0 radical (unpaired) electrons.